The minimum absolute atomic E-state index is 0.124. The number of carbonyl (C=O) groups is 1. The van der Waals surface area contributed by atoms with Gasteiger partial charge >= 0.3 is 0 Å². The molecule has 20 heavy (non-hydrogen) atoms. The average molecular weight is 292 g/mol. The number of benzene rings is 2. The monoisotopic (exact) mass is 291 g/mol. The Morgan fingerprint density at radius 2 is 2.05 bits per heavy atom. The van der Waals surface area contributed by atoms with Gasteiger partial charge in [-0.2, -0.15) is 0 Å². The second-order valence-corrected chi connectivity index (χ2v) is 4.56. The van der Waals surface area contributed by atoms with E-state index in [1.807, 2.05) is 18.2 Å². The summed E-state index contributed by atoms with van der Waals surface area (Å²) in [5.41, 5.74) is 1.01. The number of phenolic OH excluding ortho intramolecular Hbond substituents is 1. The fourth-order valence-electron chi connectivity index (χ4n) is 1.74. The van der Waals surface area contributed by atoms with Gasteiger partial charge < -0.3 is 15.2 Å². The maximum absolute atomic E-state index is 12.0. The maximum atomic E-state index is 12.0. The maximum Gasteiger partial charge on any atom is 0.255 e. The van der Waals surface area contributed by atoms with Gasteiger partial charge in [-0.15, -0.1) is 0 Å². The van der Waals surface area contributed by atoms with Gasteiger partial charge in [0.15, 0.2) is 0 Å². The third-order valence-electron chi connectivity index (χ3n) is 2.85. The van der Waals surface area contributed by atoms with Crippen LogP contribution in [0.25, 0.3) is 0 Å². The van der Waals surface area contributed by atoms with E-state index >= 15 is 0 Å². The smallest absolute Gasteiger partial charge is 0.255 e. The number of ether oxygens (including phenoxy) is 1. The predicted molar refractivity (Wildman–Crippen MR) is 77.3 cm³/mol. The zero-order valence-electron chi connectivity index (χ0n) is 10.9. The van der Waals surface area contributed by atoms with Crippen LogP contribution in [0.15, 0.2) is 42.5 Å². The lowest BCUT2D eigenvalue weighted by atomic mass is 10.1. The molecule has 0 aliphatic carbocycles. The largest absolute Gasteiger partial charge is 0.507 e. The number of hydrogen-bond acceptors (Lipinski definition) is 3. The standard InChI is InChI=1S/C15H14ClNO3/c1-20-11-6-7-12(14(18)8-11)15(19)17-9-10-4-2-3-5-13(10)16/h2-8,18H,9H2,1H3,(H,17,19). The molecule has 0 saturated heterocycles. The third kappa shape index (κ3) is 3.22. The van der Waals surface area contributed by atoms with Crippen molar-refractivity contribution in [2.75, 3.05) is 7.11 Å². The quantitative estimate of drug-likeness (QED) is 0.910. The normalized spacial score (nSPS) is 10.1. The molecule has 0 unspecified atom stereocenters. The van der Waals surface area contributed by atoms with E-state index in [4.69, 9.17) is 16.3 Å². The molecular weight excluding hydrogens is 278 g/mol. The first-order chi connectivity index (χ1) is 9.61. The predicted octanol–water partition coefficient (Wildman–Crippen LogP) is 2.98. The first kappa shape index (κ1) is 14.2. The van der Waals surface area contributed by atoms with Crippen LogP contribution in [0.2, 0.25) is 5.02 Å². The van der Waals surface area contributed by atoms with Gasteiger partial charge in [0, 0.05) is 17.6 Å². The van der Waals surface area contributed by atoms with E-state index in [1.54, 1.807) is 12.1 Å². The summed E-state index contributed by atoms with van der Waals surface area (Å²) >= 11 is 6.01. The van der Waals surface area contributed by atoms with Crippen LogP contribution in [0, 0.1) is 0 Å². The molecule has 4 nitrogen and oxygen atoms in total. The van der Waals surface area contributed by atoms with Gasteiger partial charge in [0.1, 0.15) is 11.5 Å². The highest BCUT2D eigenvalue weighted by atomic mass is 35.5. The summed E-state index contributed by atoms with van der Waals surface area (Å²) in [6, 6.07) is 11.8. The Morgan fingerprint density at radius 1 is 1.30 bits per heavy atom. The summed E-state index contributed by atoms with van der Waals surface area (Å²) in [4.78, 5) is 12.0. The van der Waals surface area contributed by atoms with Crippen LogP contribution in [-0.2, 0) is 6.54 Å². The first-order valence-electron chi connectivity index (χ1n) is 6.00. The van der Waals surface area contributed by atoms with Crippen LogP contribution in [0.3, 0.4) is 0 Å². The lowest BCUT2D eigenvalue weighted by Gasteiger charge is -2.09. The molecule has 2 rings (SSSR count). The number of rotatable bonds is 4. The third-order valence-corrected chi connectivity index (χ3v) is 3.22. The summed E-state index contributed by atoms with van der Waals surface area (Å²) in [6.45, 7) is 0.296. The van der Waals surface area contributed by atoms with E-state index in [1.165, 1.54) is 19.2 Å². The van der Waals surface area contributed by atoms with Crippen LogP contribution in [0.5, 0.6) is 11.5 Å². The molecule has 0 radical (unpaired) electrons. The fourth-order valence-corrected chi connectivity index (χ4v) is 1.95. The van der Waals surface area contributed by atoms with Gasteiger partial charge in [-0.3, -0.25) is 4.79 Å². The van der Waals surface area contributed by atoms with Crippen molar-refractivity contribution < 1.29 is 14.6 Å². The highest BCUT2D eigenvalue weighted by molar-refractivity contribution is 6.31. The molecule has 0 aliphatic heterocycles. The molecule has 104 valence electrons. The molecule has 0 fully saturated rings. The van der Waals surface area contributed by atoms with Gasteiger partial charge in [-0.25, -0.2) is 0 Å². The molecule has 0 saturated carbocycles. The average Bonchev–Trinajstić information content (AvgIpc) is 2.46. The van der Waals surface area contributed by atoms with Crippen LogP contribution in [0.4, 0.5) is 0 Å². The highest BCUT2D eigenvalue weighted by Crippen LogP contribution is 2.23. The molecule has 0 bridgehead atoms. The van der Waals surface area contributed by atoms with E-state index in [-0.39, 0.29) is 17.2 Å². The number of phenols is 1. The molecule has 2 aromatic rings. The van der Waals surface area contributed by atoms with Crippen molar-refractivity contribution in [3.05, 3.63) is 58.6 Å². The minimum atomic E-state index is -0.370. The Balaban J connectivity index is 2.07. The number of methoxy groups -OCH3 is 1. The number of carbonyl (C=O) groups excluding carboxylic acids is 1. The molecule has 1 amide bonds. The van der Waals surface area contributed by atoms with Crippen molar-refractivity contribution in [1.29, 1.82) is 0 Å². The number of halogens is 1. The van der Waals surface area contributed by atoms with Gasteiger partial charge in [0.05, 0.1) is 12.7 Å². The van der Waals surface area contributed by atoms with Crippen LogP contribution >= 0.6 is 11.6 Å². The van der Waals surface area contributed by atoms with E-state index < -0.39 is 0 Å². The molecule has 0 atom stereocenters. The topological polar surface area (TPSA) is 58.6 Å². The summed E-state index contributed by atoms with van der Waals surface area (Å²) in [6.07, 6.45) is 0. The van der Waals surface area contributed by atoms with Crippen molar-refractivity contribution in [1.82, 2.24) is 5.32 Å². The number of nitrogens with one attached hydrogen (secondary N) is 1. The number of aromatic hydroxyl groups is 1. The van der Waals surface area contributed by atoms with E-state index in [9.17, 15) is 9.90 Å². The lowest BCUT2D eigenvalue weighted by molar-refractivity contribution is 0.0948. The van der Waals surface area contributed by atoms with E-state index in [0.717, 1.165) is 5.56 Å². The van der Waals surface area contributed by atoms with Gasteiger partial charge in [0.25, 0.3) is 5.91 Å². The zero-order chi connectivity index (χ0) is 14.5. The van der Waals surface area contributed by atoms with Crippen LogP contribution < -0.4 is 10.1 Å². The number of hydrogen-bond donors (Lipinski definition) is 2. The molecule has 2 N–H and O–H groups in total. The molecule has 5 heteroatoms. The Labute approximate surface area is 122 Å². The molecule has 2 aromatic carbocycles. The molecule has 0 spiro atoms. The Hall–Kier alpha value is -2.20. The van der Waals surface area contributed by atoms with Gasteiger partial charge in [0.2, 0.25) is 0 Å². The Morgan fingerprint density at radius 3 is 2.70 bits per heavy atom. The van der Waals surface area contributed by atoms with Crippen molar-refractivity contribution >= 4 is 17.5 Å². The van der Waals surface area contributed by atoms with E-state index in [2.05, 4.69) is 5.32 Å². The van der Waals surface area contributed by atoms with Crippen molar-refractivity contribution in [3.63, 3.8) is 0 Å². The molecular formula is C15H14ClNO3. The number of amides is 1. The second kappa shape index (κ2) is 6.30. The van der Waals surface area contributed by atoms with Gasteiger partial charge in [-0.1, -0.05) is 29.8 Å². The minimum Gasteiger partial charge on any atom is -0.507 e. The highest BCUT2D eigenvalue weighted by Gasteiger charge is 2.12. The second-order valence-electron chi connectivity index (χ2n) is 4.16. The van der Waals surface area contributed by atoms with Crippen LogP contribution in [0.1, 0.15) is 15.9 Å². The van der Waals surface area contributed by atoms with E-state index in [0.29, 0.717) is 17.3 Å². The van der Waals surface area contributed by atoms with Crippen molar-refractivity contribution in [2.45, 2.75) is 6.54 Å². The Bertz CT molecular complexity index is 628. The summed E-state index contributed by atoms with van der Waals surface area (Å²) in [5.74, 6) is -0.00349. The lowest BCUT2D eigenvalue weighted by Crippen LogP contribution is -2.23. The van der Waals surface area contributed by atoms with Crippen molar-refractivity contribution in [2.24, 2.45) is 0 Å². The summed E-state index contributed by atoms with van der Waals surface area (Å²) in [5, 5.41) is 13.1. The van der Waals surface area contributed by atoms with Crippen LogP contribution in [-0.4, -0.2) is 18.1 Å². The molecule has 0 aliphatic rings. The van der Waals surface area contributed by atoms with Crippen molar-refractivity contribution in [3.8, 4) is 11.5 Å². The summed E-state index contributed by atoms with van der Waals surface area (Å²) < 4.78 is 4.97. The molecule has 0 heterocycles. The summed E-state index contributed by atoms with van der Waals surface area (Å²) in [7, 11) is 1.49. The van der Waals surface area contributed by atoms with Gasteiger partial charge in [-0.05, 0) is 23.8 Å². The molecule has 0 aromatic heterocycles. The fraction of sp³-hybridized carbons (Fsp3) is 0.133. The Kier molecular flexibility index (Phi) is 4.48. The first-order valence-corrected chi connectivity index (χ1v) is 6.38. The SMILES string of the molecule is COc1ccc(C(=O)NCc2ccccc2Cl)c(O)c1. The zero-order valence-corrected chi connectivity index (χ0v) is 11.6.